The van der Waals surface area contributed by atoms with Crippen LogP contribution in [0.3, 0.4) is 0 Å². The topological polar surface area (TPSA) is 62.2 Å². The largest absolute Gasteiger partial charge is 0.508 e. The second-order valence-electron chi connectivity index (χ2n) is 6.68. The van der Waals surface area contributed by atoms with Gasteiger partial charge in [0.05, 0.1) is 0 Å². The van der Waals surface area contributed by atoms with Gasteiger partial charge in [-0.3, -0.25) is 4.79 Å². The van der Waals surface area contributed by atoms with Gasteiger partial charge in [-0.25, -0.2) is 4.98 Å². The molecule has 0 fully saturated rings. The first-order valence-corrected chi connectivity index (χ1v) is 9.91. The zero-order valence-corrected chi connectivity index (χ0v) is 17.0. The van der Waals surface area contributed by atoms with Gasteiger partial charge in [-0.05, 0) is 64.9 Å². The van der Waals surface area contributed by atoms with Crippen molar-refractivity contribution in [3.05, 3.63) is 100 Å². The molecule has 0 spiro atoms. The van der Waals surface area contributed by atoms with Gasteiger partial charge in [0.2, 0.25) is 5.91 Å². The number of carbonyl (C=O) groups excluding carboxylic acids is 1. The van der Waals surface area contributed by atoms with Crippen LogP contribution in [0.4, 0.5) is 0 Å². The van der Waals surface area contributed by atoms with Gasteiger partial charge >= 0.3 is 0 Å². The van der Waals surface area contributed by atoms with Gasteiger partial charge in [0, 0.05) is 18.8 Å². The Balaban J connectivity index is 1.77. The van der Waals surface area contributed by atoms with E-state index in [1.807, 2.05) is 30.3 Å². The molecule has 3 rings (SSSR count). The van der Waals surface area contributed by atoms with Crippen LogP contribution in [-0.4, -0.2) is 22.5 Å². The van der Waals surface area contributed by atoms with Gasteiger partial charge in [0.15, 0.2) is 0 Å². The van der Waals surface area contributed by atoms with Gasteiger partial charge < -0.3 is 10.4 Å². The minimum absolute atomic E-state index is 0.175. The molecule has 4 nitrogen and oxygen atoms in total. The second-order valence-corrected chi connectivity index (χ2v) is 7.07. The third-order valence-corrected chi connectivity index (χ3v) is 4.84. The molecule has 0 saturated carbocycles. The van der Waals surface area contributed by atoms with Crippen LogP contribution < -0.4 is 5.32 Å². The molecule has 29 heavy (non-hydrogen) atoms. The highest BCUT2D eigenvalue weighted by molar-refractivity contribution is 6.29. The molecule has 0 saturated heterocycles. The fraction of sp³-hybridized carbons (Fsp3) is 0.167. The van der Waals surface area contributed by atoms with E-state index in [2.05, 4.69) is 29.4 Å². The Labute approximate surface area is 175 Å². The van der Waals surface area contributed by atoms with Gasteiger partial charge in [0.25, 0.3) is 0 Å². The number of aromatic hydroxyl groups is 1. The van der Waals surface area contributed by atoms with Crippen LogP contribution in [-0.2, 0) is 17.6 Å². The van der Waals surface area contributed by atoms with E-state index in [9.17, 15) is 9.90 Å². The van der Waals surface area contributed by atoms with E-state index in [4.69, 9.17) is 11.6 Å². The summed E-state index contributed by atoms with van der Waals surface area (Å²) in [6, 6.07) is 18.7. The van der Waals surface area contributed by atoms with Crippen molar-refractivity contribution < 1.29 is 9.90 Å². The monoisotopic (exact) mass is 406 g/mol. The van der Waals surface area contributed by atoms with E-state index >= 15 is 0 Å². The third kappa shape index (κ3) is 5.93. The van der Waals surface area contributed by atoms with Crippen LogP contribution in [0.25, 0.3) is 5.57 Å². The standard InChI is InChI=1S/C24H23ClN2O2/c1-2-17-3-7-19(8-4-17)22(20-12-14-26-23(25)15-20)16-24(29)27-13-11-18-5-9-21(28)10-6-18/h3-10,12,14-16,28H,2,11,13H2,1H3,(H,27,29)/b22-16-. The van der Waals surface area contributed by atoms with E-state index in [0.29, 0.717) is 18.1 Å². The lowest BCUT2D eigenvalue weighted by Crippen LogP contribution is -2.24. The van der Waals surface area contributed by atoms with Gasteiger partial charge in [-0.2, -0.15) is 0 Å². The number of amides is 1. The molecule has 3 aromatic rings. The maximum absolute atomic E-state index is 12.6. The lowest BCUT2D eigenvalue weighted by atomic mass is 9.97. The first-order chi connectivity index (χ1) is 14.0. The molecule has 0 atom stereocenters. The summed E-state index contributed by atoms with van der Waals surface area (Å²) in [6.45, 7) is 2.61. The predicted molar refractivity (Wildman–Crippen MR) is 117 cm³/mol. The molecular weight excluding hydrogens is 384 g/mol. The van der Waals surface area contributed by atoms with Crippen molar-refractivity contribution in [3.8, 4) is 5.75 Å². The normalized spacial score (nSPS) is 11.3. The molecule has 0 bridgehead atoms. The number of benzene rings is 2. The van der Waals surface area contributed by atoms with E-state index in [0.717, 1.165) is 28.7 Å². The molecule has 5 heteroatoms. The number of phenolic OH excluding ortho intramolecular Hbond substituents is 1. The fourth-order valence-electron chi connectivity index (χ4n) is 3.00. The van der Waals surface area contributed by atoms with Gasteiger partial charge in [-0.15, -0.1) is 0 Å². The molecule has 0 unspecified atom stereocenters. The maximum Gasteiger partial charge on any atom is 0.244 e. The molecule has 0 aliphatic rings. The summed E-state index contributed by atoms with van der Waals surface area (Å²) < 4.78 is 0. The minimum Gasteiger partial charge on any atom is -0.508 e. The van der Waals surface area contributed by atoms with Crippen molar-refractivity contribution in [1.82, 2.24) is 10.3 Å². The van der Waals surface area contributed by atoms with E-state index in [1.165, 1.54) is 5.56 Å². The van der Waals surface area contributed by atoms with E-state index in [-0.39, 0.29) is 11.7 Å². The zero-order valence-electron chi connectivity index (χ0n) is 16.2. The SMILES string of the molecule is CCc1ccc(/C(=C/C(=O)NCCc2ccc(O)cc2)c2ccnc(Cl)c2)cc1. The Hall–Kier alpha value is -3.11. The highest BCUT2D eigenvalue weighted by Crippen LogP contribution is 2.25. The number of nitrogens with one attached hydrogen (secondary N) is 1. The number of phenols is 1. The Morgan fingerprint density at radius 3 is 2.38 bits per heavy atom. The number of hydrogen-bond donors (Lipinski definition) is 2. The van der Waals surface area contributed by atoms with Crippen LogP contribution in [0.5, 0.6) is 5.75 Å². The van der Waals surface area contributed by atoms with Crippen molar-refractivity contribution in [3.63, 3.8) is 0 Å². The van der Waals surface area contributed by atoms with Crippen molar-refractivity contribution in [1.29, 1.82) is 0 Å². The number of nitrogens with zero attached hydrogens (tertiary/aromatic N) is 1. The minimum atomic E-state index is -0.175. The summed E-state index contributed by atoms with van der Waals surface area (Å²) in [5.41, 5.74) is 4.85. The van der Waals surface area contributed by atoms with E-state index < -0.39 is 0 Å². The summed E-state index contributed by atoms with van der Waals surface area (Å²) >= 11 is 6.07. The number of pyridine rings is 1. The average molecular weight is 407 g/mol. The maximum atomic E-state index is 12.6. The van der Waals surface area contributed by atoms with Crippen LogP contribution in [0.15, 0.2) is 72.9 Å². The fourth-order valence-corrected chi connectivity index (χ4v) is 3.17. The highest BCUT2D eigenvalue weighted by atomic mass is 35.5. The molecule has 1 amide bonds. The van der Waals surface area contributed by atoms with Crippen molar-refractivity contribution >= 4 is 23.1 Å². The number of hydrogen-bond acceptors (Lipinski definition) is 3. The summed E-state index contributed by atoms with van der Waals surface area (Å²) in [6.07, 6.45) is 4.87. The number of carbonyl (C=O) groups is 1. The van der Waals surface area contributed by atoms with Gasteiger partial charge in [0.1, 0.15) is 10.9 Å². The first kappa shape index (κ1) is 20.6. The summed E-state index contributed by atoms with van der Waals surface area (Å²) in [4.78, 5) is 16.6. The van der Waals surface area contributed by atoms with Crippen LogP contribution in [0.1, 0.15) is 29.2 Å². The smallest absolute Gasteiger partial charge is 0.244 e. The Morgan fingerprint density at radius 2 is 1.72 bits per heavy atom. The quantitative estimate of drug-likeness (QED) is 0.438. The molecule has 1 heterocycles. The van der Waals surface area contributed by atoms with Crippen LogP contribution in [0.2, 0.25) is 5.15 Å². The summed E-state index contributed by atoms with van der Waals surface area (Å²) in [7, 11) is 0. The summed E-state index contributed by atoms with van der Waals surface area (Å²) in [5, 5.41) is 12.7. The predicted octanol–water partition coefficient (Wildman–Crippen LogP) is 4.79. The Bertz CT molecular complexity index is 996. The van der Waals surface area contributed by atoms with Crippen molar-refractivity contribution in [2.24, 2.45) is 0 Å². The number of halogens is 1. The lowest BCUT2D eigenvalue weighted by Gasteiger charge is -2.10. The Kier molecular flexibility index (Phi) is 7.04. The number of rotatable bonds is 7. The second kappa shape index (κ2) is 9.89. The molecule has 0 aliphatic heterocycles. The lowest BCUT2D eigenvalue weighted by molar-refractivity contribution is -0.116. The molecular formula is C24H23ClN2O2. The number of aromatic nitrogens is 1. The van der Waals surface area contributed by atoms with Crippen LogP contribution >= 0.6 is 11.6 Å². The molecule has 0 radical (unpaired) electrons. The van der Waals surface area contributed by atoms with Crippen LogP contribution in [0, 0.1) is 0 Å². The zero-order chi connectivity index (χ0) is 20.6. The highest BCUT2D eigenvalue weighted by Gasteiger charge is 2.09. The molecule has 2 aromatic carbocycles. The summed E-state index contributed by atoms with van der Waals surface area (Å²) in [5.74, 6) is 0.0572. The molecule has 148 valence electrons. The van der Waals surface area contributed by atoms with Crippen molar-refractivity contribution in [2.75, 3.05) is 6.54 Å². The average Bonchev–Trinajstić information content (AvgIpc) is 2.73. The molecule has 2 N–H and O–H groups in total. The van der Waals surface area contributed by atoms with Gasteiger partial charge in [-0.1, -0.05) is 54.9 Å². The van der Waals surface area contributed by atoms with E-state index in [1.54, 1.807) is 30.5 Å². The first-order valence-electron chi connectivity index (χ1n) is 9.54. The van der Waals surface area contributed by atoms with Crippen molar-refractivity contribution in [2.45, 2.75) is 19.8 Å². The number of aryl methyl sites for hydroxylation is 1. The molecule has 0 aliphatic carbocycles. The third-order valence-electron chi connectivity index (χ3n) is 4.64. The Morgan fingerprint density at radius 1 is 1.03 bits per heavy atom. The molecule has 1 aromatic heterocycles.